The Bertz CT molecular complexity index is 301. The van der Waals surface area contributed by atoms with E-state index in [2.05, 4.69) is 15.5 Å². The third-order valence-electron chi connectivity index (χ3n) is 4.19. The predicted octanol–water partition coefficient (Wildman–Crippen LogP) is 0.602. The standard InChI is InChI=1S/C15H29N3O2/c1-12(11-20-2)17-15(19)10-18(14-3-4-14)9-13-5-7-16-8-6-13/h12-14,16H,3-11H2,1-2H3,(H,17,19). The number of amides is 1. The number of carbonyl (C=O) groups excluding carboxylic acids is 1. The number of hydrogen-bond acceptors (Lipinski definition) is 4. The molecule has 2 rings (SSSR count). The number of nitrogens with zero attached hydrogens (tertiary/aromatic N) is 1. The number of rotatable bonds is 8. The van der Waals surface area contributed by atoms with Crippen LogP contribution in [-0.2, 0) is 9.53 Å². The second-order valence-corrected chi connectivity index (χ2v) is 6.28. The van der Waals surface area contributed by atoms with Crippen molar-refractivity contribution in [3.8, 4) is 0 Å². The summed E-state index contributed by atoms with van der Waals surface area (Å²) in [6.45, 7) is 6.43. The van der Waals surface area contributed by atoms with E-state index in [4.69, 9.17) is 4.74 Å². The van der Waals surface area contributed by atoms with Gasteiger partial charge in [0.1, 0.15) is 0 Å². The second kappa shape index (κ2) is 7.96. The highest BCUT2D eigenvalue weighted by atomic mass is 16.5. The minimum atomic E-state index is 0.0902. The molecular formula is C15H29N3O2. The van der Waals surface area contributed by atoms with E-state index in [0.717, 1.165) is 25.6 Å². The van der Waals surface area contributed by atoms with Crippen LogP contribution in [0.4, 0.5) is 0 Å². The average molecular weight is 283 g/mol. The van der Waals surface area contributed by atoms with Crippen molar-refractivity contribution in [2.45, 2.75) is 44.7 Å². The van der Waals surface area contributed by atoms with E-state index in [-0.39, 0.29) is 11.9 Å². The monoisotopic (exact) mass is 283 g/mol. The lowest BCUT2D eigenvalue weighted by molar-refractivity contribution is -0.123. The van der Waals surface area contributed by atoms with Gasteiger partial charge in [-0.15, -0.1) is 0 Å². The summed E-state index contributed by atoms with van der Waals surface area (Å²) < 4.78 is 5.06. The molecule has 5 nitrogen and oxygen atoms in total. The molecule has 1 aliphatic heterocycles. The van der Waals surface area contributed by atoms with Crippen LogP contribution in [-0.4, -0.2) is 62.8 Å². The van der Waals surface area contributed by atoms with Crippen LogP contribution < -0.4 is 10.6 Å². The molecule has 1 atom stereocenters. The summed E-state index contributed by atoms with van der Waals surface area (Å²) in [4.78, 5) is 14.5. The van der Waals surface area contributed by atoms with Crippen molar-refractivity contribution < 1.29 is 9.53 Å². The largest absolute Gasteiger partial charge is 0.383 e. The molecule has 0 bridgehead atoms. The summed E-state index contributed by atoms with van der Waals surface area (Å²) in [5, 5.41) is 6.42. The lowest BCUT2D eigenvalue weighted by atomic mass is 9.97. The molecule has 0 aromatic rings. The van der Waals surface area contributed by atoms with E-state index < -0.39 is 0 Å². The maximum Gasteiger partial charge on any atom is 0.234 e. The molecule has 0 aromatic heterocycles. The molecule has 1 saturated carbocycles. The maximum absolute atomic E-state index is 12.1. The SMILES string of the molecule is COCC(C)NC(=O)CN(CC1CCNCC1)C1CC1. The molecule has 5 heteroatoms. The third-order valence-corrected chi connectivity index (χ3v) is 4.19. The van der Waals surface area contributed by atoms with Gasteiger partial charge in [0.25, 0.3) is 0 Å². The summed E-state index contributed by atoms with van der Waals surface area (Å²) >= 11 is 0. The Kier molecular flexibility index (Phi) is 6.26. The number of methoxy groups -OCH3 is 1. The number of nitrogens with one attached hydrogen (secondary N) is 2. The topological polar surface area (TPSA) is 53.6 Å². The van der Waals surface area contributed by atoms with Gasteiger partial charge >= 0.3 is 0 Å². The molecule has 1 heterocycles. The minimum Gasteiger partial charge on any atom is -0.383 e. The lowest BCUT2D eigenvalue weighted by Crippen LogP contribution is -2.45. The van der Waals surface area contributed by atoms with Crippen LogP contribution >= 0.6 is 0 Å². The summed E-state index contributed by atoms with van der Waals surface area (Å²) in [6, 6.07) is 0.737. The quantitative estimate of drug-likeness (QED) is 0.685. The Labute approximate surface area is 122 Å². The highest BCUT2D eigenvalue weighted by molar-refractivity contribution is 5.78. The third kappa shape index (κ3) is 5.38. The molecule has 1 saturated heterocycles. The van der Waals surface area contributed by atoms with Crippen molar-refractivity contribution >= 4 is 5.91 Å². The molecule has 0 spiro atoms. The van der Waals surface area contributed by atoms with Gasteiger partial charge in [-0.3, -0.25) is 9.69 Å². The van der Waals surface area contributed by atoms with Crippen LogP contribution in [0.1, 0.15) is 32.6 Å². The Morgan fingerprint density at radius 1 is 1.35 bits per heavy atom. The summed E-state index contributed by atoms with van der Waals surface area (Å²) in [7, 11) is 1.66. The first kappa shape index (κ1) is 15.7. The first-order chi connectivity index (χ1) is 9.69. The Hall–Kier alpha value is -0.650. The fraction of sp³-hybridized carbons (Fsp3) is 0.933. The molecule has 2 fully saturated rings. The van der Waals surface area contributed by atoms with Crippen LogP contribution in [0.15, 0.2) is 0 Å². The molecule has 20 heavy (non-hydrogen) atoms. The van der Waals surface area contributed by atoms with Crippen molar-refractivity contribution in [3.63, 3.8) is 0 Å². The number of carbonyl (C=O) groups is 1. The molecule has 2 aliphatic rings. The maximum atomic E-state index is 12.1. The lowest BCUT2D eigenvalue weighted by Gasteiger charge is -2.30. The fourth-order valence-corrected chi connectivity index (χ4v) is 2.97. The van der Waals surface area contributed by atoms with E-state index in [1.54, 1.807) is 7.11 Å². The first-order valence-electron chi connectivity index (χ1n) is 7.92. The average Bonchev–Trinajstić information content (AvgIpc) is 3.23. The van der Waals surface area contributed by atoms with Crippen molar-refractivity contribution in [1.29, 1.82) is 0 Å². The van der Waals surface area contributed by atoms with Crippen LogP contribution in [0.2, 0.25) is 0 Å². The van der Waals surface area contributed by atoms with Crippen LogP contribution in [0.25, 0.3) is 0 Å². The summed E-state index contributed by atoms with van der Waals surface area (Å²) in [6.07, 6.45) is 4.99. The predicted molar refractivity (Wildman–Crippen MR) is 79.7 cm³/mol. The molecule has 0 radical (unpaired) electrons. The van der Waals surface area contributed by atoms with Gasteiger partial charge in [-0.25, -0.2) is 0 Å². The van der Waals surface area contributed by atoms with Gasteiger partial charge in [-0.05, 0) is 51.6 Å². The van der Waals surface area contributed by atoms with Crippen molar-refractivity contribution in [3.05, 3.63) is 0 Å². The van der Waals surface area contributed by atoms with Crippen molar-refractivity contribution in [2.75, 3.05) is 39.9 Å². The van der Waals surface area contributed by atoms with Crippen molar-refractivity contribution in [2.24, 2.45) is 5.92 Å². The van der Waals surface area contributed by atoms with Gasteiger partial charge in [0.2, 0.25) is 5.91 Å². The highest BCUT2D eigenvalue weighted by Gasteiger charge is 2.32. The first-order valence-corrected chi connectivity index (χ1v) is 7.92. The second-order valence-electron chi connectivity index (χ2n) is 6.28. The number of ether oxygens (including phenoxy) is 1. The van der Waals surface area contributed by atoms with E-state index in [0.29, 0.717) is 19.2 Å². The van der Waals surface area contributed by atoms with Gasteiger partial charge in [0.05, 0.1) is 13.2 Å². The highest BCUT2D eigenvalue weighted by Crippen LogP contribution is 2.28. The van der Waals surface area contributed by atoms with Gasteiger partial charge in [0.15, 0.2) is 0 Å². The molecule has 1 aliphatic carbocycles. The fourth-order valence-electron chi connectivity index (χ4n) is 2.97. The van der Waals surface area contributed by atoms with E-state index >= 15 is 0 Å². The van der Waals surface area contributed by atoms with Gasteiger partial charge in [-0.1, -0.05) is 0 Å². The smallest absolute Gasteiger partial charge is 0.234 e. The van der Waals surface area contributed by atoms with Crippen molar-refractivity contribution in [1.82, 2.24) is 15.5 Å². The molecule has 1 amide bonds. The van der Waals surface area contributed by atoms with Gasteiger partial charge in [-0.2, -0.15) is 0 Å². The van der Waals surface area contributed by atoms with E-state index in [1.807, 2.05) is 6.92 Å². The zero-order valence-corrected chi connectivity index (χ0v) is 12.9. The van der Waals surface area contributed by atoms with Gasteiger partial charge in [0, 0.05) is 25.7 Å². The Balaban J connectivity index is 1.75. The number of piperidine rings is 1. The zero-order valence-electron chi connectivity index (χ0n) is 12.9. The molecule has 0 aromatic carbocycles. The van der Waals surface area contributed by atoms with Crippen LogP contribution in [0.5, 0.6) is 0 Å². The molecule has 1 unspecified atom stereocenters. The summed E-state index contributed by atoms with van der Waals surface area (Å²) in [5.41, 5.74) is 0. The molecular weight excluding hydrogens is 254 g/mol. The van der Waals surface area contributed by atoms with Crippen LogP contribution in [0, 0.1) is 5.92 Å². The molecule has 2 N–H and O–H groups in total. The zero-order chi connectivity index (χ0) is 14.4. The Morgan fingerprint density at radius 2 is 2.05 bits per heavy atom. The van der Waals surface area contributed by atoms with E-state index in [9.17, 15) is 4.79 Å². The van der Waals surface area contributed by atoms with Gasteiger partial charge < -0.3 is 15.4 Å². The minimum absolute atomic E-state index is 0.0902. The number of hydrogen-bond donors (Lipinski definition) is 2. The normalized spacial score (nSPS) is 21.9. The van der Waals surface area contributed by atoms with Crippen LogP contribution in [0.3, 0.4) is 0 Å². The molecule has 116 valence electrons. The van der Waals surface area contributed by atoms with E-state index in [1.165, 1.54) is 25.7 Å². The Morgan fingerprint density at radius 3 is 2.65 bits per heavy atom. The summed E-state index contributed by atoms with van der Waals surface area (Å²) in [5.74, 6) is 0.886.